The molecule has 1 heterocycles. The van der Waals surface area contributed by atoms with E-state index in [9.17, 15) is 9.59 Å². The van der Waals surface area contributed by atoms with Crippen LogP contribution in [0.4, 0.5) is 5.69 Å². The summed E-state index contributed by atoms with van der Waals surface area (Å²) >= 11 is 0. The fourth-order valence-corrected chi connectivity index (χ4v) is 3.19. The molecule has 2 aliphatic rings. The van der Waals surface area contributed by atoms with E-state index in [0.29, 0.717) is 6.04 Å². The zero-order chi connectivity index (χ0) is 16.2. The summed E-state index contributed by atoms with van der Waals surface area (Å²) in [4.78, 5) is 25.8. The molecule has 3 rings (SSSR count). The molecule has 124 valence electrons. The SMILES string of the molecule is C[C@@H](C(=O)NC1CC1)[NH+]1CCC(C(=O)Nc2ccccc2)CC1. The minimum absolute atomic E-state index is 0.0197. The Morgan fingerprint density at radius 1 is 1.09 bits per heavy atom. The maximum atomic E-state index is 12.3. The summed E-state index contributed by atoms with van der Waals surface area (Å²) in [6.45, 7) is 3.76. The van der Waals surface area contributed by atoms with Crippen molar-refractivity contribution in [2.45, 2.75) is 44.7 Å². The quantitative estimate of drug-likeness (QED) is 0.744. The normalized spacial score (nSPS) is 25.4. The molecule has 0 unspecified atom stereocenters. The number of rotatable bonds is 5. The summed E-state index contributed by atoms with van der Waals surface area (Å²) in [7, 11) is 0. The van der Waals surface area contributed by atoms with Crippen LogP contribution in [0.1, 0.15) is 32.6 Å². The number of quaternary nitrogens is 1. The van der Waals surface area contributed by atoms with E-state index in [2.05, 4.69) is 10.6 Å². The van der Waals surface area contributed by atoms with E-state index in [0.717, 1.165) is 44.5 Å². The van der Waals surface area contributed by atoms with Gasteiger partial charge < -0.3 is 15.5 Å². The first-order chi connectivity index (χ1) is 11.1. The summed E-state index contributed by atoms with van der Waals surface area (Å²) in [5, 5.41) is 6.06. The van der Waals surface area contributed by atoms with E-state index in [1.54, 1.807) is 0 Å². The van der Waals surface area contributed by atoms with Gasteiger partial charge in [-0.2, -0.15) is 0 Å². The number of amides is 2. The first-order valence-electron chi connectivity index (χ1n) is 8.64. The molecule has 0 radical (unpaired) electrons. The van der Waals surface area contributed by atoms with Crippen LogP contribution in [-0.4, -0.2) is 37.0 Å². The van der Waals surface area contributed by atoms with Crippen molar-refractivity contribution in [2.24, 2.45) is 5.92 Å². The Bertz CT molecular complexity index is 549. The van der Waals surface area contributed by atoms with Crippen LogP contribution in [0.5, 0.6) is 0 Å². The molecule has 1 aromatic rings. The van der Waals surface area contributed by atoms with Gasteiger partial charge in [-0.15, -0.1) is 0 Å². The first-order valence-corrected chi connectivity index (χ1v) is 8.64. The number of hydrogen-bond donors (Lipinski definition) is 3. The predicted octanol–water partition coefficient (Wildman–Crippen LogP) is 0.587. The third-order valence-corrected chi connectivity index (χ3v) is 4.97. The molecule has 3 N–H and O–H groups in total. The van der Waals surface area contributed by atoms with Gasteiger partial charge in [0.2, 0.25) is 5.91 Å². The third kappa shape index (κ3) is 4.32. The molecule has 2 fully saturated rings. The van der Waals surface area contributed by atoms with E-state index in [1.807, 2.05) is 37.3 Å². The highest BCUT2D eigenvalue weighted by Crippen LogP contribution is 2.18. The number of anilines is 1. The van der Waals surface area contributed by atoms with Crippen LogP contribution in [0.15, 0.2) is 30.3 Å². The first kappa shape index (κ1) is 16.0. The van der Waals surface area contributed by atoms with Gasteiger partial charge in [0.25, 0.3) is 5.91 Å². The lowest BCUT2D eigenvalue weighted by molar-refractivity contribution is -0.919. The van der Waals surface area contributed by atoms with Gasteiger partial charge in [-0.25, -0.2) is 0 Å². The van der Waals surface area contributed by atoms with Gasteiger partial charge in [0.05, 0.1) is 13.1 Å². The van der Waals surface area contributed by atoms with Crippen molar-refractivity contribution in [3.8, 4) is 0 Å². The summed E-state index contributed by atoms with van der Waals surface area (Å²) in [6.07, 6.45) is 3.93. The molecule has 5 nitrogen and oxygen atoms in total. The average molecular weight is 316 g/mol. The second kappa shape index (κ2) is 7.13. The van der Waals surface area contributed by atoms with Crippen molar-refractivity contribution in [1.82, 2.24) is 5.32 Å². The van der Waals surface area contributed by atoms with Gasteiger partial charge >= 0.3 is 0 Å². The molecule has 2 amide bonds. The lowest BCUT2D eigenvalue weighted by atomic mass is 9.94. The van der Waals surface area contributed by atoms with Gasteiger partial charge in [-0.3, -0.25) is 9.59 Å². The molecule has 23 heavy (non-hydrogen) atoms. The topological polar surface area (TPSA) is 62.6 Å². The third-order valence-electron chi connectivity index (χ3n) is 4.97. The van der Waals surface area contributed by atoms with E-state index in [4.69, 9.17) is 0 Å². The Morgan fingerprint density at radius 3 is 2.35 bits per heavy atom. The van der Waals surface area contributed by atoms with Crippen LogP contribution in [0.2, 0.25) is 0 Å². The molecule has 1 saturated carbocycles. The average Bonchev–Trinajstić information content (AvgIpc) is 3.39. The molecule has 1 aromatic carbocycles. The van der Waals surface area contributed by atoms with Crippen molar-refractivity contribution in [2.75, 3.05) is 18.4 Å². The lowest BCUT2D eigenvalue weighted by Crippen LogP contribution is -3.17. The van der Waals surface area contributed by atoms with Crippen LogP contribution >= 0.6 is 0 Å². The number of carbonyl (C=O) groups excluding carboxylic acids is 2. The van der Waals surface area contributed by atoms with E-state index in [1.165, 1.54) is 4.90 Å². The monoisotopic (exact) mass is 316 g/mol. The van der Waals surface area contributed by atoms with Crippen molar-refractivity contribution >= 4 is 17.5 Å². The number of likely N-dealkylation sites (tertiary alicyclic amines) is 1. The zero-order valence-corrected chi connectivity index (χ0v) is 13.7. The minimum atomic E-state index is -0.0197. The maximum absolute atomic E-state index is 12.3. The van der Waals surface area contributed by atoms with E-state index in [-0.39, 0.29) is 23.8 Å². The molecule has 5 heteroatoms. The standard InChI is InChI=1S/C18H25N3O2/c1-13(17(22)19-16-7-8-16)21-11-9-14(10-12-21)18(23)20-15-5-3-2-4-6-15/h2-6,13-14,16H,7-12H2,1H3,(H,19,22)(H,20,23)/p+1/t13-/m0/s1. The van der Waals surface area contributed by atoms with Crippen LogP contribution in [0, 0.1) is 5.92 Å². The van der Waals surface area contributed by atoms with Crippen molar-refractivity contribution in [1.29, 1.82) is 0 Å². The second-order valence-corrected chi connectivity index (χ2v) is 6.79. The molecule has 0 bridgehead atoms. The fraction of sp³-hybridized carbons (Fsp3) is 0.556. The molecule has 1 atom stereocenters. The summed E-state index contributed by atoms with van der Waals surface area (Å²) < 4.78 is 0. The number of nitrogens with one attached hydrogen (secondary N) is 3. The zero-order valence-electron chi connectivity index (χ0n) is 13.7. The number of piperidine rings is 1. The highest BCUT2D eigenvalue weighted by molar-refractivity contribution is 5.92. The highest BCUT2D eigenvalue weighted by atomic mass is 16.2. The molecular weight excluding hydrogens is 290 g/mol. The van der Waals surface area contributed by atoms with E-state index < -0.39 is 0 Å². The van der Waals surface area contributed by atoms with Crippen molar-refractivity contribution in [3.63, 3.8) is 0 Å². The Morgan fingerprint density at radius 2 is 1.74 bits per heavy atom. The predicted molar refractivity (Wildman–Crippen MR) is 89.1 cm³/mol. The Labute approximate surface area is 137 Å². The minimum Gasteiger partial charge on any atom is -0.348 e. The van der Waals surface area contributed by atoms with Gasteiger partial charge in [0.1, 0.15) is 0 Å². The molecule has 0 spiro atoms. The molecule has 1 saturated heterocycles. The summed E-state index contributed by atoms with van der Waals surface area (Å²) in [5.41, 5.74) is 0.851. The largest absolute Gasteiger partial charge is 0.348 e. The lowest BCUT2D eigenvalue weighted by Gasteiger charge is -2.32. The van der Waals surface area contributed by atoms with Crippen LogP contribution in [0.3, 0.4) is 0 Å². The molecule has 1 aliphatic carbocycles. The second-order valence-electron chi connectivity index (χ2n) is 6.79. The van der Waals surface area contributed by atoms with Crippen molar-refractivity contribution < 1.29 is 14.5 Å². The van der Waals surface area contributed by atoms with Gasteiger partial charge in [0, 0.05) is 30.5 Å². The number of carbonyl (C=O) groups is 2. The molecule has 1 aliphatic heterocycles. The number of hydrogen-bond acceptors (Lipinski definition) is 2. The van der Waals surface area contributed by atoms with Gasteiger partial charge in [0.15, 0.2) is 6.04 Å². The smallest absolute Gasteiger partial charge is 0.278 e. The Balaban J connectivity index is 1.45. The van der Waals surface area contributed by atoms with Crippen molar-refractivity contribution in [3.05, 3.63) is 30.3 Å². The van der Waals surface area contributed by atoms with Crippen LogP contribution in [0.25, 0.3) is 0 Å². The van der Waals surface area contributed by atoms with Gasteiger partial charge in [-0.1, -0.05) is 18.2 Å². The Hall–Kier alpha value is -1.88. The number of para-hydroxylation sites is 1. The summed E-state index contributed by atoms with van der Waals surface area (Å²) in [5.74, 6) is 0.317. The molecular formula is C18H26N3O2+. The van der Waals surface area contributed by atoms with Crippen LogP contribution < -0.4 is 15.5 Å². The Kier molecular flexibility index (Phi) is 4.96. The number of benzene rings is 1. The van der Waals surface area contributed by atoms with E-state index >= 15 is 0 Å². The fourth-order valence-electron chi connectivity index (χ4n) is 3.19. The maximum Gasteiger partial charge on any atom is 0.278 e. The highest BCUT2D eigenvalue weighted by Gasteiger charge is 2.34. The summed E-state index contributed by atoms with van der Waals surface area (Å²) in [6, 6.07) is 9.98. The van der Waals surface area contributed by atoms with Crippen LogP contribution in [-0.2, 0) is 9.59 Å². The van der Waals surface area contributed by atoms with Gasteiger partial charge in [-0.05, 0) is 31.9 Å². The molecule has 0 aromatic heterocycles.